The van der Waals surface area contributed by atoms with E-state index in [9.17, 15) is 4.79 Å². The minimum atomic E-state index is -0.505. The molecule has 0 aromatic heterocycles. The van der Waals surface area contributed by atoms with Gasteiger partial charge in [0.05, 0.1) is 13.5 Å². The molecule has 0 spiro atoms. The van der Waals surface area contributed by atoms with E-state index >= 15 is 0 Å². The van der Waals surface area contributed by atoms with Crippen LogP contribution in [0.5, 0.6) is 5.75 Å². The number of nitrogens with two attached hydrogens (primary N) is 1. The molecule has 1 rings (SSSR count). The van der Waals surface area contributed by atoms with E-state index < -0.39 is 11.0 Å². The monoisotopic (exact) mass is 279 g/mol. The third-order valence-corrected chi connectivity index (χ3v) is 3.16. The number of hydrogen-bond donors (Lipinski definition) is 1. The van der Waals surface area contributed by atoms with Gasteiger partial charge in [0.25, 0.3) is 0 Å². The summed E-state index contributed by atoms with van der Waals surface area (Å²) in [6.07, 6.45) is 0.223. The number of rotatable bonds is 5. The van der Waals surface area contributed by atoms with E-state index in [1.807, 2.05) is 52.0 Å². The summed E-state index contributed by atoms with van der Waals surface area (Å²) < 4.78 is 10.8. The second kappa shape index (κ2) is 6.27. The van der Waals surface area contributed by atoms with Crippen LogP contribution in [0.1, 0.15) is 39.7 Å². The first-order chi connectivity index (χ1) is 9.22. The average Bonchev–Trinajstić information content (AvgIpc) is 2.36. The maximum Gasteiger partial charge on any atom is 0.307 e. The summed E-state index contributed by atoms with van der Waals surface area (Å²) in [5.41, 5.74) is 5.84. The lowest BCUT2D eigenvalue weighted by atomic mass is 9.79. The molecule has 1 aromatic carbocycles. The molecule has 0 fully saturated rings. The number of hydrogen-bond acceptors (Lipinski definition) is 4. The Morgan fingerprint density at radius 2 is 1.80 bits per heavy atom. The van der Waals surface area contributed by atoms with E-state index in [4.69, 9.17) is 15.2 Å². The second-order valence-corrected chi connectivity index (χ2v) is 6.23. The first-order valence-electron chi connectivity index (χ1n) is 6.77. The van der Waals surface area contributed by atoms with E-state index in [1.165, 1.54) is 0 Å². The molecule has 0 aliphatic heterocycles. The minimum absolute atomic E-state index is 0.223. The number of carbonyl (C=O) groups excluding carboxylic acids is 1. The van der Waals surface area contributed by atoms with Crippen LogP contribution in [0, 0.1) is 0 Å². The van der Waals surface area contributed by atoms with E-state index in [-0.39, 0.29) is 12.4 Å². The molecule has 4 heteroatoms. The standard InChI is InChI=1S/C16H25NO3/c1-15(2,3)20-14(18)10-16(4,11-17)12-8-6-7-9-13(12)19-5/h6-9H,10-11,17H2,1-5H3. The average molecular weight is 279 g/mol. The molecular weight excluding hydrogens is 254 g/mol. The summed E-state index contributed by atoms with van der Waals surface area (Å²) in [5, 5.41) is 0. The van der Waals surface area contributed by atoms with Crippen LogP contribution in [-0.4, -0.2) is 25.2 Å². The second-order valence-electron chi connectivity index (χ2n) is 6.23. The zero-order valence-corrected chi connectivity index (χ0v) is 13.0. The molecule has 0 radical (unpaired) electrons. The largest absolute Gasteiger partial charge is 0.496 e. The third-order valence-electron chi connectivity index (χ3n) is 3.16. The van der Waals surface area contributed by atoms with Gasteiger partial charge in [-0.3, -0.25) is 4.79 Å². The Morgan fingerprint density at radius 3 is 2.30 bits per heavy atom. The molecule has 0 aliphatic rings. The molecule has 2 N–H and O–H groups in total. The highest BCUT2D eigenvalue weighted by atomic mass is 16.6. The third kappa shape index (κ3) is 4.23. The van der Waals surface area contributed by atoms with Crippen LogP contribution < -0.4 is 10.5 Å². The molecule has 1 unspecified atom stereocenters. The highest BCUT2D eigenvalue weighted by molar-refractivity contribution is 5.72. The van der Waals surface area contributed by atoms with Crippen molar-refractivity contribution >= 4 is 5.97 Å². The highest BCUT2D eigenvalue weighted by Crippen LogP contribution is 2.34. The van der Waals surface area contributed by atoms with Crippen molar-refractivity contribution in [1.82, 2.24) is 0 Å². The predicted octanol–water partition coefficient (Wildman–Crippen LogP) is 2.64. The predicted molar refractivity (Wildman–Crippen MR) is 79.9 cm³/mol. The van der Waals surface area contributed by atoms with Crippen molar-refractivity contribution in [3.8, 4) is 5.75 Å². The molecule has 112 valence electrons. The Balaban J connectivity index is 3.00. The van der Waals surface area contributed by atoms with Crippen LogP contribution in [0.2, 0.25) is 0 Å². The van der Waals surface area contributed by atoms with Gasteiger partial charge in [0.2, 0.25) is 0 Å². The van der Waals surface area contributed by atoms with Gasteiger partial charge in [-0.2, -0.15) is 0 Å². The molecule has 20 heavy (non-hydrogen) atoms. The molecule has 0 saturated heterocycles. The smallest absolute Gasteiger partial charge is 0.307 e. The highest BCUT2D eigenvalue weighted by Gasteiger charge is 2.33. The number of carbonyl (C=O) groups is 1. The van der Waals surface area contributed by atoms with Gasteiger partial charge < -0.3 is 15.2 Å². The van der Waals surface area contributed by atoms with Crippen LogP contribution in [0.4, 0.5) is 0 Å². The molecule has 0 amide bonds. The topological polar surface area (TPSA) is 61.5 Å². The van der Waals surface area contributed by atoms with Crippen molar-refractivity contribution in [2.75, 3.05) is 13.7 Å². The van der Waals surface area contributed by atoms with Gasteiger partial charge in [0, 0.05) is 17.5 Å². The van der Waals surface area contributed by atoms with Crippen LogP contribution in [-0.2, 0) is 14.9 Å². The summed E-state index contributed by atoms with van der Waals surface area (Å²) >= 11 is 0. The summed E-state index contributed by atoms with van der Waals surface area (Å²) in [6, 6.07) is 7.63. The number of para-hydroxylation sites is 1. The number of esters is 1. The van der Waals surface area contributed by atoms with E-state index in [0.29, 0.717) is 6.54 Å². The normalized spacial score (nSPS) is 14.5. The van der Waals surface area contributed by atoms with Crippen molar-refractivity contribution in [3.63, 3.8) is 0 Å². The summed E-state index contributed by atoms with van der Waals surface area (Å²) in [5.74, 6) is 0.486. The molecule has 1 atom stereocenters. The maximum absolute atomic E-state index is 12.1. The van der Waals surface area contributed by atoms with E-state index in [1.54, 1.807) is 7.11 Å². The lowest BCUT2D eigenvalue weighted by Gasteiger charge is -2.30. The fourth-order valence-corrected chi connectivity index (χ4v) is 2.12. The fraction of sp³-hybridized carbons (Fsp3) is 0.562. The SMILES string of the molecule is COc1ccccc1C(C)(CN)CC(=O)OC(C)(C)C. The van der Waals surface area contributed by atoms with Gasteiger partial charge in [-0.25, -0.2) is 0 Å². The Morgan fingerprint density at radius 1 is 1.20 bits per heavy atom. The molecule has 4 nitrogen and oxygen atoms in total. The lowest BCUT2D eigenvalue weighted by molar-refractivity contribution is -0.156. The van der Waals surface area contributed by atoms with Crippen molar-refractivity contribution in [2.45, 2.75) is 45.1 Å². The molecule has 0 bridgehead atoms. The minimum Gasteiger partial charge on any atom is -0.496 e. The summed E-state index contributed by atoms with van der Waals surface area (Å²) in [7, 11) is 1.61. The van der Waals surface area contributed by atoms with Gasteiger partial charge in [0.15, 0.2) is 0 Å². The van der Waals surface area contributed by atoms with Gasteiger partial charge in [-0.1, -0.05) is 25.1 Å². The molecule has 0 aliphatic carbocycles. The first kappa shape index (κ1) is 16.5. The molecule has 0 saturated carbocycles. The van der Waals surface area contributed by atoms with Crippen LogP contribution in [0.15, 0.2) is 24.3 Å². The molecular formula is C16H25NO3. The van der Waals surface area contributed by atoms with Crippen molar-refractivity contribution < 1.29 is 14.3 Å². The molecule has 1 aromatic rings. The summed E-state index contributed by atoms with van der Waals surface area (Å²) in [4.78, 5) is 12.1. The van der Waals surface area contributed by atoms with Gasteiger partial charge >= 0.3 is 5.97 Å². The van der Waals surface area contributed by atoms with E-state index in [0.717, 1.165) is 11.3 Å². The number of benzene rings is 1. The maximum atomic E-state index is 12.1. The van der Waals surface area contributed by atoms with Crippen LogP contribution in [0.3, 0.4) is 0 Å². The van der Waals surface area contributed by atoms with E-state index in [2.05, 4.69) is 0 Å². The Hall–Kier alpha value is -1.55. The first-order valence-corrected chi connectivity index (χ1v) is 6.77. The van der Waals surface area contributed by atoms with Crippen molar-refractivity contribution in [2.24, 2.45) is 5.73 Å². The van der Waals surface area contributed by atoms with Crippen molar-refractivity contribution in [1.29, 1.82) is 0 Å². The van der Waals surface area contributed by atoms with Crippen LogP contribution in [0.25, 0.3) is 0 Å². The van der Waals surface area contributed by atoms with Gasteiger partial charge in [-0.05, 0) is 26.8 Å². The summed E-state index contributed by atoms with van der Waals surface area (Å²) in [6.45, 7) is 7.86. The van der Waals surface area contributed by atoms with Gasteiger partial charge in [0.1, 0.15) is 11.4 Å². The number of methoxy groups -OCH3 is 1. The Kier molecular flexibility index (Phi) is 5.17. The molecule has 0 heterocycles. The van der Waals surface area contributed by atoms with Crippen molar-refractivity contribution in [3.05, 3.63) is 29.8 Å². The fourth-order valence-electron chi connectivity index (χ4n) is 2.12. The zero-order valence-electron chi connectivity index (χ0n) is 13.0. The zero-order chi connectivity index (χ0) is 15.4. The van der Waals surface area contributed by atoms with Crippen LogP contribution >= 0.6 is 0 Å². The Bertz CT molecular complexity index is 465. The Labute approximate surface area is 121 Å². The lowest BCUT2D eigenvalue weighted by Crippen LogP contribution is -2.37. The quantitative estimate of drug-likeness (QED) is 0.842. The van der Waals surface area contributed by atoms with Gasteiger partial charge in [-0.15, -0.1) is 0 Å². The number of ether oxygens (including phenoxy) is 2.